The monoisotopic (exact) mass is 555 g/mol. The first-order chi connectivity index (χ1) is 18.3. The molecule has 3 aromatic rings. The van der Waals surface area contributed by atoms with Crippen molar-refractivity contribution in [1.82, 2.24) is 15.1 Å². The molecule has 1 fully saturated rings. The molecule has 12 heteroatoms. The minimum Gasteiger partial charge on any atom is -0.368 e. The van der Waals surface area contributed by atoms with Crippen LogP contribution in [0.5, 0.6) is 0 Å². The Morgan fingerprint density at radius 3 is 2.26 bits per heavy atom. The highest BCUT2D eigenvalue weighted by Crippen LogP contribution is 2.40. The van der Waals surface area contributed by atoms with E-state index in [9.17, 15) is 35.5 Å². The third kappa shape index (κ3) is 5.52. The van der Waals surface area contributed by atoms with Crippen molar-refractivity contribution in [2.75, 3.05) is 13.1 Å². The summed E-state index contributed by atoms with van der Waals surface area (Å²) in [5.41, 5.74) is -0.511. The quantitative estimate of drug-likeness (QED) is 0.368. The number of hydrogen-bond acceptors (Lipinski definition) is 3. The van der Waals surface area contributed by atoms with Crippen LogP contribution < -0.4 is 0 Å². The SMILES string of the molecule is CC(OC1CN(C(=O)c2n[nH]c3c2CCC3)CC1c1ccc(F)cc1)c1cc(C(F)(F)F)cc(C(F)(F)F)c1. The number of aromatic amines is 1. The number of ether oxygens (including phenoxy) is 1. The summed E-state index contributed by atoms with van der Waals surface area (Å²) >= 11 is 0. The zero-order chi connectivity index (χ0) is 28.1. The van der Waals surface area contributed by atoms with Gasteiger partial charge in [0.15, 0.2) is 5.69 Å². The first kappa shape index (κ1) is 27.2. The average Bonchev–Trinajstić information content (AvgIpc) is 3.59. The molecule has 0 saturated carbocycles. The van der Waals surface area contributed by atoms with Gasteiger partial charge in [-0.1, -0.05) is 12.1 Å². The number of aromatic nitrogens is 2. The second kappa shape index (κ2) is 9.96. The van der Waals surface area contributed by atoms with Gasteiger partial charge in [0.2, 0.25) is 0 Å². The molecule has 1 aliphatic carbocycles. The van der Waals surface area contributed by atoms with E-state index in [-0.39, 0.29) is 30.6 Å². The zero-order valence-corrected chi connectivity index (χ0v) is 20.7. The van der Waals surface area contributed by atoms with Crippen LogP contribution in [0.25, 0.3) is 0 Å². The first-order valence-corrected chi connectivity index (χ1v) is 12.4. The van der Waals surface area contributed by atoms with Gasteiger partial charge in [-0.15, -0.1) is 0 Å². The molecule has 208 valence electrons. The largest absolute Gasteiger partial charge is 0.416 e. The summed E-state index contributed by atoms with van der Waals surface area (Å²) in [6.07, 6.45) is -9.57. The van der Waals surface area contributed by atoms with Gasteiger partial charge < -0.3 is 9.64 Å². The molecular weight excluding hydrogens is 531 g/mol. The van der Waals surface area contributed by atoms with Crippen LogP contribution in [0, 0.1) is 5.82 Å². The number of halogens is 7. The van der Waals surface area contributed by atoms with Gasteiger partial charge >= 0.3 is 12.4 Å². The highest BCUT2D eigenvalue weighted by atomic mass is 19.4. The second-order valence-corrected chi connectivity index (χ2v) is 9.91. The summed E-state index contributed by atoms with van der Waals surface area (Å²) in [6.45, 7) is 1.54. The fourth-order valence-corrected chi connectivity index (χ4v) is 5.31. The summed E-state index contributed by atoms with van der Waals surface area (Å²) in [6, 6.07) is 6.86. The molecule has 0 radical (unpaired) electrons. The second-order valence-electron chi connectivity index (χ2n) is 9.91. The van der Waals surface area contributed by atoms with E-state index >= 15 is 0 Å². The lowest BCUT2D eigenvalue weighted by Crippen LogP contribution is -2.31. The molecule has 1 amide bonds. The number of carbonyl (C=O) groups excluding carboxylic acids is 1. The molecule has 1 N–H and O–H groups in total. The summed E-state index contributed by atoms with van der Waals surface area (Å²) in [4.78, 5) is 14.9. The standard InChI is InChI=1S/C27H24F7N3O2/c1-14(16-9-17(26(29,30)31)11-18(10-16)27(32,33)34)39-23-13-37(12-21(23)15-5-7-19(28)8-6-15)25(38)24-20-3-2-4-22(20)35-36-24/h5-11,14,21,23H,2-4,12-13H2,1H3,(H,35,36). The highest BCUT2D eigenvalue weighted by molar-refractivity contribution is 5.94. The van der Waals surface area contributed by atoms with Crippen LogP contribution in [-0.4, -0.2) is 40.2 Å². The van der Waals surface area contributed by atoms with Gasteiger partial charge in [-0.2, -0.15) is 31.4 Å². The number of carbonyl (C=O) groups is 1. The van der Waals surface area contributed by atoms with Crippen LogP contribution >= 0.6 is 0 Å². The maximum absolute atomic E-state index is 13.6. The number of nitrogens with zero attached hydrogens (tertiary/aromatic N) is 2. The van der Waals surface area contributed by atoms with Gasteiger partial charge in [0.25, 0.3) is 5.91 Å². The van der Waals surface area contributed by atoms with Gasteiger partial charge in [-0.25, -0.2) is 4.39 Å². The van der Waals surface area contributed by atoms with E-state index in [1.54, 1.807) is 0 Å². The van der Waals surface area contributed by atoms with Crippen molar-refractivity contribution in [3.63, 3.8) is 0 Å². The van der Waals surface area contributed by atoms with Gasteiger partial charge in [-0.05, 0) is 67.6 Å². The van der Waals surface area contributed by atoms with Crippen molar-refractivity contribution in [2.24, 2.45) is 0 Å². The molecular formula is C27H24F7N3O2. The van der Waals surface area contributed by atoms with Crippen molar-refractivity contribution in [3.05, 3.63) is 87.5 Å². The van der Waals surface area contributed by atoms with Crippen LogP contribution in [0.4, 0.5) is 30.7 Å². The number of amides is 1. The molecule has 1 aliphatic heterocycles. The Balaban J connectivity index is 1.44. The van der Waals surface area contributed by atoms with Crippen LogP contribution in [0.15, 0.2) is 42.5 Å². The summed E-state index contributed by atoms with van der Waals surface area (Å²) in [5.74, 6) is -1.33. The van der Waals surface area contributed by atoms with Gasteiger partial charge in [0.05, 0.1) is 23.3 Å². The lowest BCUT2D eigenvalue weighted by Gasteiger charge is -2.25. The fraction of sp³-hybridized carbons (Fsp3) is 0.407. The number of alkyl halides is 6. The molecule has 3 atom stereocenters. The minimum atomic E-state index is -4.99. The predicted octanol–water partition coefficient (Wildman–Crippen LogP) is 6.46. The maximum atomic E-state index is 13.6. The number of H-pyrrole nitrogens is 1. The Morgan fingerprint density at radius 2 is 1.64 bits per heavy atom. The van der Waals surface area contributed by atoms with E-state index in [0.717, 1.165) is 24.1 Å². The number of hydrogen-bond donors (Lipinski definition) is 1. The van der Waals surface area contributed by atoms with Gasteiger partial charge in [-0.3, -0.25) is 9.89 Å². The number of aryl methyl sites for hydroxylation is 1. The first-order valence-electron chi connectivity index (χ1n) is 12.4. The number of nitrogens with one attached hydrogen (secondary N) is 1. The lowest BCUT2D eigenvalue weighted by molar-refractivity contribution is -0.143. The number of likely N-dealkylation sites (tertiary alicyclic amines) is 1. The van der Waals surface area contributed by atoms with Gasteiger partial charge in [0.1, 0.15) is 5.82 Å². The fourth-order valence-electron chi connectivity index (χ4n) is 5.31. The van der Waals surface area contributed by atoms with Crippen molar-refractivity contribution < 1.29 is 40.3 Å². The number of benzene rings is 2. The zero-order valence-electron chi connectivity index (χ0n) is 20.7. The smallest absolute Gasteiger partial charge is 0.368 e. The predicted molar refractivity (Wildman–Crippen MR) is 125 cm³/mol. The van der Waals surface area contributed by atoms with E-state index in [0.29, 0.717) is 29.8 Å². The van der Waals surface area contributed by atoms with Crippen molar-refractivity contribution in [1.29, 1.82) is 0 Å². The van der Waals surface area contributed by atoms with Crippen molar-refractivity contribution in [2.45, 2.75) is 56.7 Å². The van der Waals surface area contributed by atoms with E-state index < -0.39 is 47.4 Å². The van der Waals surface area contributed by atoms with E-state index in [1.807, 2.05) is 0 Å². The van der Waals surface area contributed by atoms with E-state index in [4.69, 9.17) is 4.74 Å². The maximum Gasteiger partial charge on any atom is 0.416 e. The summed E-state index contributed by atoms with van der Waals surface area (Å²) < 4.78 is 100. The molecule has 5 rings (SSSR count). The van der Waals surface area contributed by atoms with Crippen molar-refractivity contribution in [3.8, 4) is 0 Å². The summed E-state index contributed by atoms with van der Waals surface area (Å²) in [7, 11) is 0. The van der Waals surface area contributed by atoms with Crippen LogP contribution in [0.3, 0.4) is 0 Å². The molecule has 3 unspecified atom stereocenters. The van der Waals surface area contributed by atoms with E-state index in [1.165, 1.54) is 36.1 Å². The molecule has 2 heterocycles. The average molecular weight is 555 g/mol. The Kier molecular flexibility index (Phi) is 6.94. The minimum absolute atomic E-state index is 0.0257. The molecule has 5 nitrogen and oxygen atoms in total. The third-order valence-electron chi connectivity index (χ3n) is 7.32. The number of fused-ring (bicyclic) bond motifs is 1. The van der Waals surface area contributed by atoms with E-state index in [2.05, 4.69) is 10.2 Å². The Morgan fingerprint density at radius 1 is 1.00 bits per heavy atom. The Hall–Kier alpha value is -3.41. The Labute approximate surface area is 219 Å². The van der Waals surface area contributed by atoms with Crippen LogP contribution in [0.1, 0.15) is 69.4 Å². The molecule has 2 aliphatic rings. The molecule has 1 aromatic heterocycles. The van der Waals surface area contributed by atoms with Crippen LogP contribution in [0.2, 0.25) is 0 Å². The van der Waals surface area contributed by atoms with Crippen molar-refractivity contribution >= 4 is 5.91 Å². The Bertz CT molecular complexity index is 1330. The molecule has 0 bridgehead atoms. The summed E-state index contributed by atoms with van der Waals surface area (Å²) in [5, 5.41) is 7.06. The molecule has 0 spiro atoms. The van der Waals surface area contributed by atoms with Crippen LogP contribution in [-0.2, 0) is 29.9 Å². The normalized spacial score (nSPS) is 20.4. The number of rotatable bonds is 5. The molecule has 2 aromatic carbocycles. The van der Waals surface area contributed by atoms with Gasteiger partial charge in [0, 0.05) is 30.3 Å². The topological polar surface area (TPSA) is 58.2 Å². The highest BCUT2D eigenvalue weighted by Gasteiger charge is 2.41. The molecule has 1 saturated heterocycles. The lowest BCUT2D eigenvalue weighted by atomic mass is 9.95. The molecule has 39 heavy (non-hydrogen) atoms. The third-order valence-corrected chi connectivity index (χ3v) is 7.32.